The number of imidazole rings is 1. The number of aromatic nitrogens is 2. The van der Waals surface area contributed by atoms with Crippen molar-refractivity contribution in [2.45, 2.75) is 51.8 Å². The van der Waals surface area contributed by atoms with Crippen molar-refractivity contribution in [3.05, 3.63) is 30.1 Å². The summed E-state index contributed by atoms with van der Waals surface area (Å²) in [5.41, 5.74) is 5.35. The van der Waals surface area contributed by atoms with E-state index in [2.05, 4.69) is 40.2 Å². The van der Waals surface area contributed by atoms with Gasteiger partial charge in [-0.3, -0.25) is 4.84 Å². The zero-order chi connectivity index (χ0) is 13.1. The zero-order valence-corrected chi connectivity index (χ0v) is 11.4. The molecule has 0 bridgehead atoms. The van der Waals surface area contributed by atoms with Gasteiger partial charge in [0.2, 0.25) is 0 Å². The Morgan fingerprint density at radius 2 is 2.11 bits per heavy atom. The number of hydrogen-bond acceptors (Lipinski definition) is 3. The van der Waals surface area contributed by atoms with Crippen LogP contribution < -0.4 is 5.48 Å². The quantitative estimate of drug-likeness (QED) is 0.839. The predicted molar refractivity (Wildman–Crippen MR) is 75.6 cm³/mol. The fraction of sp³-hybridized carbons (Fsp3) is 0.533. The summed E-state index contributed by atoms with van der Waals surface area (Å²) in [6.45, 7) is 3.75. The number of para-hydroxylation sites is 2. The van der Waals surface area contributed by atoms with Crippen LogP contribution in [-0.4, -0.2) is 15.7 Å². The normalized spacial score (nSPS) is 16.5. The molecule has 19 heavy (non-hydrogen) atoms. The molecule has 1 saturated carbocycles. The van der Waals surface area contributed by atoms with Crippen molar-refractivity contribution in [1.29, 1.82) is 0 Å². The number of nitrogens with zero attached hydrogens (tertiary/aromatic N) is 2. The molecule has 1 N–H and O–H groups in total. The lowest BCUT2D eigenvalue weighted by molar-refractivity contribution is -0.0257. The van der Waals surface area contributed by atoms with Crippen molar-refractivity contribution < 1.29 is 4.84 Å². The highest BCUT2D eigenvalue weighted by Gasteiger charge is 2.16. The summed E-state index contributed by atoms with van der Waals surface area (Å²) in [6, 6.07) is 8.26. The van der Waals surface area contributed by atoms with Gasteiger partial charge in [0.05, 0.1) is 23.7 Å². The van der Waals surface area contributed by atoms with E-state index in [9.17, 15) is 0 Å². The van der Waals surface area contributed by atoms with Gasteiger partial charge in [0, 0.05) is 6.54 Å². The smallest absolute Gasteiger partial charge is 0.126 e. The summed E-state index contributed by atoms with van der Waals surface area (Å²) in [7, 11) is 0. The summed E-state index contributed by atoms with van der Waals surface area (Å²) in [5.74, 6) is 1.04. The van der Waals surface area contributed by atoms with E-state index in [1.807, 2.05) is 6.07 Å². The van der Waals surface area contributed by atoms with E-state index in [0.29, 0.717) is 12.6 Å². The van der Waals surface area contributed by atoms with Crippen molar-refractivity contribution >= 4 is 11.0 Å². The molecule has 1 fully saturated rings. The van der Waals surface area contributed by atoms with Crippen LogP contribution in [0.15, 0.2) is 24.3 Å². The predicted octanol–water partition coefficient (Wildman–Crippen LogP) is 3.02. The van der Waals surface area contributed by atoms with Gasteiger partial charge in [-0.05, 0) is 31.9 Å². The van der Waals surface area contributed by atoms with E-state index in [1.165, 1.54) is 31.2 Å². The molecule has 0 unspecified atom stereocenters. The Kier molecular flexibility index (Phi) is 3.80. The SMILES string of the molecule is CCn1c(CNOC2CCCC2)nc2ccccc21. The van der Waals surface area contributed by atoms with Crippen LogP contribution in [0.3, 0.4) is 0 Å². The molecule has 0 amide bonds. The van der Waals surface area contributed by atoms with Crippen LogP contribution in [0.25, 0.3) is 11.0 Å². The van der Waals surface area contributed by atoms with Gasteiger partial charge < -0.3 is 4.57 Å². The molecular weight excluding hydrogens is 238 g/mol. The molecule has 1 aliphatic carbocycles. The average molecular weight is 259 g/mol. The third kappa shape index (κ3) is 2.65. The highest BCUT2D eigenvalue weighted by molar-refractivity contribution is 5.75. The van der Waals surface area contributed by atoms with Crippen LogP contribution in [0.2, 0.25) is 0 Å². The average Bonchev–Trinajstić information content (AvgIpc) is 3.05. The van der Waals surface area contributed by atoms with Gasteiger partial charge in [0.15, 0.2) is 0 Å². The maximum Gasteiger partial charge on any atom is 0.126 e. The summed E-state index contributed by atoms with van der Waals surface area (Å²) < 4.78 is 2.24. The van der Waals surface area contributed by atoms with Gasteiger partial charge in [-0.15, -0.1) is 0 Å². The van der Waals surface area contributed by atoms with E-state index >= 15 is 0 Å². The zero-order valence-electron chi connectivity index (χ0n) is 11.4. The fourth-order valence-electron chi connectivity index (χ4n) is 2.84. The molecule has 0 spiro atoms. The second kappa shape index (κ2) is 5.72. The van der Waals surface area contributed by atoms with Crippen molar-refractivity contribution in [3.63, 3.8) is 0 Å². The molecular formula is C15H21N3O. The van der Waals surface area contributed by atoms with Crippen molar-refractivity contribution in [3.8, 4) is 0 Å². The molecule has 3 rings (SSSR count). The number of nitrogens with one attached hydrogen (secondary N) is 1. The van der Waals surface area contributed by atoms with Gasteiger partial charge in [-0.2, -0.15) is 5.48 Å². The first-order chi connectivity index (χ1) is 9.38. The summed E-state index contributed by atoms with van der Waals surface area (Å²) in [6.07, 6.45) is 5.33. The van der Waals surface area contributed by atoms with E-state index < -0.39 is 0 Å². The number of hydrogen-bond donors (Lipinski definition) is 1. The molecule has 0 aliphatic heterocycles. The number of fused-ring (bicyclic) bond motifs is 1. The molecule has 4 nitrogen and oxygen atoms in total. The van der Waals surface area contributed by atoms with Crippen LogP contribution >= 0.6 is 0 Å². The second-order valence-corrected chi connectivity index (χ2v) is 5.11. The van der Waals surface area contributed by atoms with Crippen molar-refractivity contribution in [2.75, 3.05) is 0 Å². The van der Waals surface area contributed by atoms with Gasteiger partial charge in [-0.1, -0.05) is 25.0 Å². The maximum atomic E-state index is 5.70. The lowest BCUT2D eigenvalue weighted by atomic mass is 10.3. The Morgan fingerprint density at radius 3 is 2.89 bits per heavy atom. The Hall–Kier alpha value is -1.39. The number of rotatable bonds is 5. The number of benzene rings is 1. The van der Waals surface area contributed by atoms with Crippen LogP contribution in [0, 0.1) is 0 Å². The van der Waals surface area contributed by atoms with Gasteiger partial charge >= 0.3 is 0 Å². The van der Waals surface area contributed by atoms with Gasteiger partial charge in [0.1, 0.15) is 5.82 Å². The second-order valence-electron chi connectivity index (χ2n) is 5.11. The summed E-state index contributed by atoms with van der Waals surface area (Å²) in [5, 5.41) is 0. The standard InChI is InChI=1S/C15H21N3O/c1-2-18-14-10-6-5-9-13(14)17-15(18)11-16-19-12-7-3-4-8-12/h5-6,9-10,12,16H,2-4,7-8,11H2,1H3. The maximum absolute atomic E-state index is 5.70. The van der Waals surface area contributed by atoms with E-state index in [-0.39, 0.29) is 0 Å². The van der Waals surface area contributed by atoms with E-state index in [1.54, 1.807) is 0 Å². The minimum absolute atomic E-state index is 0.388. The minimum Gasteiger partial charge on any atom is -0.327 e. The molecule has 0 saturated heterocycles. The van der Waals surface area contributed by atoms with Gasteiger partial charge in [-0.25, -0.2) is 4.98 Å². The van der Waals surface area contributed by atoms with Crippen molar-refractivity contribution in [2.24, 2.45) is 0 Å². The third-order valence-electron chi connectivity index (χ3n) is 3.83. The lowest BCUT2D eigenvalue weighted by Gasteiger charge is -2.12. The van der Waals surface area contributed by atoms with Crippen LogP contribution in [0.1, 0.15) is 38.4 Å². The van der Waals surface area contributed by atoms with Crippen LogP contribution in [0.5, 0.6) is 0 Å². The molecule has 1 aromatic heterocycles. The number of aryl methyl sites for hydroxylation is 1. The molecule has 2 aromatic rings. The molecule has 1 aromatic carbocycles. The molecule has 102 valence electrons. The monoisotopic (exact) mass is 259 g/mol. The largest absolute Gasteiger partial charge is 0.327 e. The Bertz CT molecular complexity index is 543. The van der Waals surface area contributed by atoms with Crippen molar-refractivity contribution in [1.82, 2.24) is 15.0 Å². The minimum atomic E-state index is 0.388. The van der Waals surface area contributed by atoms with Gasteiger partial charge in [0.25, 0.3) is 0 Å². The Labute approximate surface area is 113 Å². The molecule has 0 radical (unpaired) electrons. The molecule has 0 atom stereocenters. The fourth-order valence-corrected chi connectivity index (χ4v) is 2.84. The Morgan fingerprint density at radius 1 is 1.32 bits per heavy atom. The Balaban J connectivity index is 1.69. The molecule has 1 heterocycles. The van der Waals surface area contributed by atoms with E-state index in [0.717, 1.165) is 17.9 Å². The first-order valence-electron chi connectivity index (χ1n) is 7.21. The van der Waals surface area contributed by atoms with Crippen LogP contribution in [0.4, 0.5) is 0 Å². The molecule has 1 aliphatic rings. The highest BCUT2D eigenvalue weighted by atomic mass is 16.7. The first-order valence-corrected chi connectivity index (χ1v) is 7.21. The van der Waals surface area contributed by atoms with E-state index in [4.69, 9.17) is 4.84 Å². The third-order valence-corrected chi connectivity index (χ3v) is 3.83. The molecule has 4 heteroatoms. The summed E-state index contributed by atoms with van der Waals surface area (Å²) >= 11 is 0. The first kappa shape index (κ1) is 12.6. The lowest BCUT2D eigenvalue weighted by Crippen LogP contribution is -2.23. The van der Waals surface area contributed by atoms with Crippen LogP contribution in [-0.2, 0) is 17.9 Å². The number of hydroxylamine groups is 1. The topological polar surface area (TPSA) is 39.1 Å². The summed E-state index contributed by atoms with van der Waals surface area (Å²) in [4.78, 5) is 10.4. The highest BCUT2D eigenvalue weighted by Crippen LogP contribution is 2.20.